The number of hydrogen-bond donors (Lipinski definition) is 3. The zero-order chi connectivity index (χ0) is 12.3. The topological polar surface area (TPSA) is 101 Å². The van der Waals surface area contributed by atoms with E-state index in [0.717, 1.165) is 43.4 Å². The Labute approximate surface area is 103 Å². The predicted octanol–water partition coefficient (Wildman–Crippen LogP) is 0.544. The number of nitrogen functional groups attached to an aromatic ring is 1. The average Bonchev–Trinajstić information content (AvgIpc) is 2.63. The highest BCUT2D eigenvalue weighted by atomic mass is 32.1. The number of nitrogens with two attached hydrogens (primary N) is 1. The van der Waals surface area contributed by atoms with Crippen LogP contribution in [0.4, 0.5) is 5.13 Å². The van der Waals surface area contributed by atoms with E-state index in [9.17, 15) is 9.90 Å². The number of aromatic nitrogens is 2. The molecule has 1 saturated carbocycles. The van der Waals surface area contributed by atoms with Gasteiger partial charge in [-0.1, -0.05) is 30.6 Å². The molecule has 94 valence electrons. The van der Waals surface area contributed by atoms with Crippen LogP contribution in [0.15, 0.2) is 0 Å². The molecule has 1 aliphatic carbocycles. The summed E-state index contributed by atoms with van der Waals surface area (Å²) in [5.74, 6) is -0.301. The Morgan fingerprint density at radius 3 is 2.82 bits per heavy atom. The van der Waals surface area contributed by atoms with Crippen molar-refractivity contribution in [3.63, 3.8) is 0 Å². The Balaban J connectivity index is 1.97. The molecular formula is C10H16N4O2S. The molecule has 2 atom stereocenters. The van der Waals surface area contributed by atoms with E-state index >= 15 is 0 Å². The molecule has 1 aromatic heterocycles. The van der Waals surface area contributed by atoms with Crippen molar-refractivity contribution in [3.8, 4) is 0 Å². The number of anilines is 1. The van der Waals surface area contributed by atoms with Crippen molar-refractivity contribution in [3.05, 3.63) is 5.01 Å². The van der Waals surface area contributed by atoms with E-state index in [1.54, 1.807) is 0 Å². The fourth-order valence-corrected chi connectivity index (χ4v) is 2.53. The Kier molecular flexibility index (Phi) is 3.90. The van der Waals surface area contributed by atoms with Gasteiger partial charge >= 0.3 is 0 Å². The van der Waals surface area contributed by atoms with Gasteiger partial charge in [-0.2, -0.15) is 0 Å². The molecule has 0 radical (unpaired) electrons. The highest BCUT2D eigenvalue weighted by Gasteiger charge is 2.24. The third-order valence-electron chi connectivity index (χ3n) is 2.93. The van der Waals surface area contributed by atoms with Crippen LogP contribution in [0.5, 0.6) is 0 Å². The van der Waals surface area contributed by atoms with E-state index in [4.69, 9.17) is 5.73 Å². The largest absolute Gasteiger partial charge is 0.391 e. The number of carbonyl (C=O) groups is 1. The second-order valence-corrected chi connectivity index (χ2v) is 5.24. The summed E-state index contributed by atoms with van der Waals surface area (Å²) in [5, 5.41) is 20.5. The van der Waals surface area contributed by atoms with Crippen LogP contribution in [0, 0.1) is 0 Å². The van der Waals surface area contributed by atoms with Crippen molar-refractivity contribution >= 4 is 22.4 Å². The Morgan fingerprint density at radius 1 is 1.35 bits per heavy atom. The van der Waals surface area contributed by atoms with Crippen LogP contribution in [0.2, 0.25) is 0 Å². The van der Waals surface area contributed by atoms with Crippen LogP contribution in [0.1, 0.15) is 41.9 Å². The van der Waals surface area contributed by atoms with E-state index in [1.807, 2.05) is 0 Å². The van der Waals surface area contributed by atoms with Gasteiger partial charge in [0.25, 0.3) is 5.91 Å². The maximum Gasteiger partial charge on any atom is 0.282 e. The minimum atomic E-state index is -0.466. The van der Waals surface area contributed by atoms with E-state index in [2.05, 4.69) is 15.5 Å². The molecule has 1 aromatic rings. The molecule has 2 unspecified atom stereocenters. The summed E-state index contributed by atoms with van der Waals surface area (Å²) >= 11 is 1.05. The van der Waals surface area contributed by atoms with E-state index < -0.39 is 6.10 Å². The molecule has 0 aromatic carbocycles. The van der Waals surface area contributed by atoms with E-state index in [-0.39, 0.29) is 22.1 Å². The maximum absolute atomic E-state index is 11.8. The molecule has 7 heteroatoms. The fraction of sp³-hybridized carbons (Fsp3) is 0.700. The van der Waals surface area contributed by atoms with E-state index in [1.165, 1.54) is 0 Å². The van der Waals surface area contributed by atoms with Crippen molar-refractivity contribution in [1.82, 2.24) is 15.5 Å². The van der Waals surface area contributed by atoms with Crippen LogP contribution in [-0.4, -0.2) is 33.4 Å². The highest BCUT2D eigenvalue weighted by Crippen LogP contribution is 2.19. The van der Waals surface area contributed by atoms with Gasteiger partial charge in [-0.25, -0.2) is 0 Å². The molecule has 1 heterocycles. The number of aliphatic hydroxyl groups is 1. The fourth-order valence-electron chi connectivity index (χ4n) is 2.01. The number of nitrogens with zero attached hydrogens (tertiary/aromatic N) is 2. The first-order valence-electron chi connectivity index (χ1n) is 5.74. The van der Waals surface area contributed by atoms with Gasteiger partial charge in [0.15, 0.2) is 0 Å². The lowest BCUT2D eigenvalue weighted by Gasteiger charge is -2.20. The lowest BCUT2D eigenvalue weighted by molar-refractivity contribution is 0.0818. The van der Waals surface area contributed by atoms with Crippen molar-refractivity contribution in [1.29, 1.82) is 0 Å². The molecule has 1 aliphatic rings. The number of hydrogen-bond acceptors (Lipinski definition) is 6. The van der Waals surface area contributed by atoms with Crippen LogP contribution >= 0.6 is 11.3 Å². The van der Waals surface area contributed by atoms with Gasteiger partial charge < -0.3 is 16.2 Å². The molecule has 0 spiro atoms. The molecule has 17 heavy (non-hydrogen) atoms. The number of rotatable bonds is 2. The zero-order valence-corrected chi connectivity index (χ0v) is 10.2. The minimum Gasteiger partial charge on any atom is -0.391 e. The Bertz CT molecular complexity index is 395. The normalized spacial score (nSPS) is 25.2. The predicted molar refractivity (Wildman–Crippen MR) is 64.7 cm³/mol. The minimum absolute atomic E-state index is 0.185. The molecule has 4 N–H and O–H groups in total. The molecule has 2 rings (SSSR count). The summed E-state index contributed by atoms with van der Waals surface area (Å²) in [5.41, 5.74) is 5.42. The molecular weight excluding hydrogens is 240 g/mol. The number of nitrogens with one attached hydrogen (secondary N) is 1. The average molecular weight is 256 g/mol. The summed E-state index contributed by atoms with van der Waals surface area (Å²) < 4.78 is 0. The third-order valence-corrected chi connectivity index (χ3v) is 3.68. The highest BCUT2D eigenvalue weighted by molar-refractivity contribution is 7.16. The van der Waals surface area contributed by atoms with Crippen LogP contribution in [0.25, 0.3) is 0 Å². The quantitative estimate of drug-likeness (QED) is 0.670. The molecule has 6 nitrogen and oxygen atoms in total. The SMILES string of the molecule is Nc1nnc(C(=O)NC2CCCCCC2O)s1. The van der Waals surface area contributed by atoms with Crippen molar-refractivity contribution in [2.45, 2.75) is 44.2 Å². The molecule has 0 aliphatic heterocycles. The molecule has 0 bridgehead atoms. The maximum atomic E-state index is 11.8. The van der Waals surface area contributed by atoms with Crippen LogP contribution < -0.4 is 11.1 Å². The van der Waals surface area contributed by atoms with Gasteiger partial charge in [0.05, 0.1) is 12.1 Å². The third kappa shape index (κ3) is 3.13. The molecule has 1 amide bonds. The second-order valence-electron chi connectivity index (χ2n) is 4.23. The standard InChI is InChI=1S/C10H16N4O2S/c11-10-14-13-9(17-10)8(16)12-6-4-2-1-3-5-7(6)15/h6-7,15H,1-5H2,(H2,11,14)(H,12,16). The van der Waals surface area contributed by atoms with Gasteiger partial charge in [0.2, 0.25) is 10.1 Å². The molecule has 1 fully saturated rings. The first kappa shape index (κ1) is 12.3. The monoisotopic (exact) mass is 256 g/mol. The first-order chi connectivity index (χ1) is 8.16. The van der Waals surface area contributed by atoms with Gasteiger partial charge in [-0.05, 0) is 12.8 Å². The van der Waals surface area contributed by atoms with Gasteiger partial charge in [0, 0.05) is 0 Å². The Morgan fingerprint density at radius 2 is 2.12 bits per heavy atom. The Hall–Kier alpha value is -1.21. The lowest BCUT2D eigenvalue weighted by atomic mass is 10.1. The van der Waals surface area contributed by atoms with Crippen molar-refractivity contribution in [2.24, 2.45) is 0 Å². The van der Waals surface area contributed by atoms with Crippen molar-refractivity contribution in [2.75, 3.05) is 5.73 Å². The summed E-state index contributed by atoms with van der Waals surface area (Å²) in [7, 11) is 0. The smallest absolute Gasteiger partial charge is 0.282 e. The number of carbonyl (C=O) groups excluding carboxylic acids is 1. The van der Waals surface area contributed by atoms with Gasteiger partial charge in [-0.3, -0.25) is 4.79 Å². The molecule has 0 saturated heterocycles. The summed E-state index contributed by atoms with van der Waals surface area (Å²) in [6.45, 7) is 0. The lowest BCUT2D eigenvalue weighted by Crippen LogP contribution is -2.42. The van der Waals surface area contributed by atoms with E-state index in [0.29, 0.717) is 0 Å². The van der Waals surface area contributed by atoms with Gasteiger partial charge in [0.1, 0.15) is 0 Å². The first-order valence-corrected chi connectivity index (χ1v) is 6.56. The summed E-state index contributed by atoms with van der Waals surface area (Å²) in [6, 6.07) is -0.185. The summed E-state index contributed by atoms with van der Waals surface area (Å²) in [6.07, 6.45) is 4.23. The number of amides is 1. The second kappa shape index (κ2) is 5.42. The zero-order valence-electron chi connectivity index (χ0n) is 9.43. The number of aliphatic hydroxyl groups excluding tert-OH is 1. The van der Waals surface area contributed by atoms with Gasteiger partial charge in [-0.15, -0.1) is 10.2 Å². The van der Waals surface area contributed by atoms with Crippen LogP contribution in [-0.2, 0) is 0 Å². The van der Waals surface area contributed by atoms with Crippen molar-refractivity contribution < 1.29 is 9.90 Å². The summed E-state index contributed by atoms with van der Waals surface area (Å²) in [4.78, 5) is 11.8. The van der Waals surface area contributed by atoms with Crippen LogP contribution in [0.3, 0.4) is 0 Å².